The summed E-state index contributed by atoms with van der Waals surface area (Å²) < 4.78 is 2.03. The van der Waals surface area contributed by atoms with Crippen LogP contribution in [0.25, 0.3) is 0 Å². The van der Waals surface area contributed by atoms with Crippen LogP contribution in [-0.4, -0.2) is 44.1 Å². The Morgan fingerprint density at radius 1 is 1.42 bits per heavy atom. The number of thioether (sulfide) groups is 1. The third-order valence-corrected chi connectivity index (χ3v) is 4.11. The second-order valence-corrected chi connectivity index (χ2v) is 5.55. The van der Waals surface area contributed by atoms with Gasteiger partial charge in [-0.15, -0.1) is 11.8 Å². The highest BCUT2D eigenvalue weighted by atomic mass is 32.2. The van der Waals surface area contributed by atoms with Crippen LogP contribution in [0, 0.1) is 0 Å². The molecule has 1 heterocycles. The molecule has 2 rings (SSSR count). The van der Waals surface area contributed by atoms with E-state index >= 15 is 0 Å². The summed E-state index contributed by atoms with van der Waals surface area (Å²) >= 11 is 1.12. The number of hydrogen-bond donors (Lipinski definition) is 2. The number of nitrogens with zero attached hydrogens (tertiary/aromatic N) is 2. The number of hydrogen-bond acceptors (Lipinski definition) is 4. The van der Waals surface area contributed by atoms with Crippen LogP contribution in [0.2, 0.25) is 0 Å². The van der Waals surface area contributed by atoms with E-state index in [9.17, 15) is 9.59 Å². The number of nitrogens with one attached hydrogen (secondary N) is 1. The molecule has 1 fully saturated rings. The minimum atomic E-state index is -0.894. The molecule has 1 aromatic rings. The predicted molar refractivity (Wildman–Crippen MR) is 72.0 cm³/mol. The largest absolute Gasteiger partial charge is 0.481 e. The predicted octanol–water partition coefficient (Wildman–Crippen LogP) is 0.911. The van der Waals surface area contributed by atoms with Gasteiger partial charge in [0.15, 0.2) is 0 Å². The molecule has 1 saturated carbocycles. The van der Waals surface area contributed by atoms with Crippen LogP contribution in [0.3, 0.4) is 0 Å². The summed E-state index contributed by atoms with van der Waals surface area (Å²) in [6, 6.07) is 0.378. The molecule has 0 bridgehead atoms. The van der Waals surface area contributed by atoms with Crippen LogP contribution < -0.4 is 5.32 Å². The van der Waals surface area contributed by atoms with Crippen LogP contribution >= 0.6 is 11.8 Å². The maximum Gasteiger partial charge on any atom is 0.313 e. The van der Waals surface area contributed by atoms with E-state index in [0.717, 1.165) is 31.0 Å². The number of carbonyl (C=O) groups excluding carboxylic acids is 1. The van der Waals surface area contributed by atoms with Gasteiger partial charge in [0.05, 0.1) is 23.9 Å². The number of rotatable bonds is 6. The second-order valence-electron chi connectivity index (χ2n) is 4.57. The topological polar surface area (TPSA) is 84.2 Å². The highest BCUT2D eigenvalue weighted by molar-refractivity contribution is 8.00. The van der Waals surface area contributed by atoms with Gasteiger partial charge in [-0.25, -0.2) is 4.98 Å². The molecular formula is C12H17N3O3S. The van der Waals surface area contributed by atoms with Crippen LogP contribution in [-0.2, 0) is 9.59 Å². The van der Waals surface area contributed by atoms with Gasteiger partial charge in [0, 0.05) is 18.4 Å². The molecule has 104 valence electrons. The highest BCUT2D eigenvalue weighted by Crippen LogP contribution is 2.29. The minimum Gasteiger partial charge on any atom is -0.481 e. The maximum atomic E-state index is 11.7. The zero-order chi connectivity index (χ0) is 13.7. The van der Waals surface area contributed by atoms with Crippen molar-refractivity contribution in [2.45, 2.75) is 31.3 Å². The Kier molecular flexibility index (Phi) is 4.84. The van der Waals surface area contributed by atoms with E-state index in [1.165, 1.54) is 0 Å². The molecule has 0 aromatic carbocycles. The Morgan fingerprint density at radius 2 is 2.26 bits per heavy atom. The highest BCUT2D eigenvalue weighted by Gasteiger charge is 2.29. The lowest BCUT2D eigenvalue weighted by atomic mass is 10.1. The van der Waals surface area contributed by atoms with Crippen molar-refractivity contribution < 1.29 is 14.7 Å². The van der Waals surface area contributed by atoms with Gasteiger partial charge in [0.25, 0.3) is 0 Å². The van der Waals surface area contributed by atoms with Gasteiger partial charge < -0.3 is 15.0 Å². The van der Waals surface area contributed by atoms with E-state index in [2.05, 4.69) is 10.3 Å². The summed E-state index contributed by atoms with van der Waals surface area (Å²) in [7, 11) is 0. The number of carboxylic acid groups (broad SMARTS) is 1. The molecule has 19 heavy (non-hydrogen) atoms. The van der Waals surface area contributed by atoms with Crippen molar-refractivity contribution in [3.63, 3.8) is 0 Å². The molecule has 7 heteroatoms. The number of amides is 1. The molecule has 1 amide bonds. The van der Waals surface area contributed by atoms with Crippen LogP contribution in [0.4, 0.5) is 0 Å². The lowest BCUT2D eigenvalue weighted by molar-refractivity contribution is -0.133. The Balaban J connectivity index is 1.81. The monoisotopic (exact) mass is 283 g/mol. The normalized spacial score (nSPS) is 22.3. The van der Waals surface area contributed by atoms with Gasteiger partial charge in [-0.3, -0.25) is 9.59 Å². The molecule has 1 aromatic heterocycles. The lowest BCUT2D eigenvalue weighted by Gasteiger charge is -2.22. The third-order valence-electron chi connectivity index (χ3n) is 3.19. The summed E-state index contributed by atoms with van der Waals surface area (Å²) in [5.74, 6) is -0.833. The van der Waals surface area contributed by atoms with Crippen molar-refractivity contribution in [2.24, 2.45) is 0 Å². The molecular weight excluding hydrogens is 266 g/mol. The van der Waals surface area contributed by atoms with Crippen molar-refractivity contribution in [1.82, 2.24) is 14.9 Å². The SMILES string of the molecule is O=C(O)CSCC(=O)NC1CCCC1n1ccnc1. The summed E-state index contributed by atoms with van der Waals surface area (Å²) in [5.41, 5.74) is 0. The van der Waals surface area contributed by atoms with Crippen LogP contribution in [0.5, 0.6) is 0 Å². The summed E-state index contributed by atoms with van der Waals surface area (Å²) in [4.78, 5) is 26.1. The molecule has 2 unspecified atom stereocenters. The van der Waals surface area contributed by atoms with E-state index in [1.54, 1.807) is 12.5 Å². The fraction of sp³-hybridized carbons (Fsp3) is 0.583. The van der Waals surface area contributed by atoms with E-state index in [-0.39, 0.29) is 29.5 Å². The zero-order valence-corrected chi connectivity index (χ0v) is 11.3. The number of imidazole rings is 1. The molecule has 1 aliphatic rings. The molecule has 6 nitrogen and oxygen atoms in total. The average Bonchev–Trinajstić information content (AvgIpc) is 2.97. The first kappa shape index (κ1) is 13.9. The molecule has 2 N–H and O–H groups in total. The Bertz CT molecular complexity index is 435. The molecule has 0 aliphatic heterocycles. The summed E-state index contributed by atoms with van der Waals surface area (Å²) in [6.07, 6.45) is 8.49. The van der Waals surface area contributed by atoms with Gasteiger partial charge in [0.2, 0.25) is 5.91 Å². The Labute approximate surface area is 115 Å². The van der Waals surface area contributed by atoms with E-state index in [0.29, 0.717) is 0 Å². The van der Waals surface area contributed by atoms with Crippen molar-refractivity contribution in [3.8, 4) is 0 Å². The van der Waals surface area contributed by atoms with Crippen LogP contribution in [0.15, 0.2) is 18.7 Å². The molecule has 2 atom stereocenters. The summed E-state index contributed by atoms with van der Waals surface area (Å²) in [5, 5.41) is 11.5. The third kappa shape index (κ3) is 3.99. The van der Waals surface area contributed by atoms with E-state index in [1.807, 2.05) is 10.8 Å². The number of aliphatic carboxylic acids is 1. The molecule has 0 saturated heterocycles. The maximum absolute atomic E-state index is 11.7. The van der Waals surface area contributed by atoms with Crippen LogP contribution in [0.1, 0.15) is 25.3 Å². The van der Waals surface area contributed by atoms with Gasteiger partial charge in [-0.2, -0.15) is 0 Å². The fourth-order valence-corrected chi connectivity index (χ4v) is 2.96. The van der Waals surface area contributed by atoms with Gasteiger partial charge in [-0.05, 0) is 19.3 Å². The standard InChI is InChI=1S/C12H17N3O3S/c16-11(6-19-7-12(17)18)14-9-2-1-3-10(9)15-5-4-13-8-15/h4-5,8-10H,1-3,6-7H2,(H,14,16)(H,17,18). The number of aromatic nitrogens is 2. The molecule has 0 spiro atoms. The van der Waals surface area contributed by atoms with Gasteiger partial charge in [-0.1, -0.05) is 0 Å². The first-order valence-electron chi connectivity index (χ1n) is 6.23. The van der Waals surface area contributed by atoms with Crippen molar-refractivity contribution in [3.05, 3.63) is 18.7 Å². The number of carbonyl (C=O) groups is 2. The second kappa shape index (κ2) is 6.60. The first-order chi connectivity index (χ1) is 9.16. The minimum absolute atomic E-state index is 0.0387. The summed E-state index contributed by atoms with van der Waals surface area (Å²) in [6.45, 7) is 0. The van der Waals surface area contributed by atoms with Gasteiger partial charge in [0.1, 0.15) is 0 Å². The zero-order valence-electron chi connectivity index (χ0n) is 10.5. The number of carboxylic acids is 1. The van der Waals surface area contributed by atoms with Crippen molar-refractivity contribution >= 4 is 23.6 Å². The van der Waals surface area contributed by atoms with Crippen molar-refractivity contribution in [2.75, 3.05) is 11.5 Å². The van der Waals surface area contributed by atoms with Gasteiger partial charge >= 0.3 is 5.97 Å². The average molecular weight is 283 g/mol. The Hall–Kier alpha value is -1.50. The quantitative estimate of drug-likeness (QED) is 0.810. The first-order valence-corrected chi connectivity index (χ1v) is 7.38. The van der Waals surface area contributed by atoms with E-state index < -0.39 is 5.97 Å². The Morgan fingerprint density at radius 3 is 2.95 bits per heavy atom. The fourth-order valence-electron chi connectivity index (χ4n) is 2.41. The van der Waals surface area contributed by atoms with Crippen molar-refractivity contribution in [1.29, 1.82) is 0 Å². The molecule has 1 aliphatic carbocycles. The smallest absolute Gasteiger partial charge is 0.313 e. The lowest BCUT2D eigenvalue weighted by Crippen LogP contribution is -2.39. The van der Waals surface area contributed by atoms with E-state index in [4.69, 9.17) is 5.11 Å². The molecule has 0 radical (unpaired) electrons.